The van der Waals surface area contributed by atoms with Gasteiger partial charge in [0.05, 0.1) is 38.4 Å². The van der Waals surface area contributed by atoms with Crippen molar-refractivity contribution in [3.63, 3.8) is 0 Å². The van der Waals surface area contributed by atoms with Crippen LogP contribution in [-0.2, 0) is 25.4 Å². The Balaban J connectivity index is 1.61. The number of likely N-dealkylation sites (tertiary alicyclic amines) is 1. The van der Waals surface area contributed by atoms with Crippen molar-refractivity contribution in [3.8, 4) is 0 Å². The molecule has 0 aromatic heterocycles. The summed E-state index contributed by atoms with van der Waals surface area (Å²) >= 11 is 6.33. The predicted octanol–water partition coefficient (Wildman–Crippen LogP) is 2.51. The highest BCUT2D eigenvalue weighted by molar-refractivity contribution is 6.22. The molecule has 2 aliphatic heterocycles. The number of esters is 1. The van der Waals surface area contributed by atoms with Gasteiger partial charge >= 0.3 is 5.97 Å². The van der Waals surface area contributed by atoms with E-state index in [0.717, 1.165) is 32.4 Å². The van der Waals surface area contributed by atoms with E-state index in [1.54, 1.807) is 0 Å². The van der Waals surface area contributed by atoms with Gasteiger partial charge in [-0.2, -0.15) is 0 Å². The van der Waals surface area contributed by atoms with E-state index < -0.39 is 0 Å². The fraction of sp³-hybridized carbons (Fsp3) is 0.650. The van der Waals surface area contributed by atoms with Gasteiger partial charge in [-0.25, -0.2) is 0 Å². The SMILES string of the molecule is COC(=O)C1CN(CCC2(Cc3ccccc3)COCCO2)CCC1Cl. The zero-order chi connectivity index (χ0) is 18.4. The fourth-order valence-electron chi connectivity index (χ4n) is 3.85. The molecule has 3 rings (SSSR count). The Kier molecular flexibility index (Phi) is 6.92. The van der Waals surface area contributed by atoms with E-state index in [1.807, 2.05) is 6.07 Å². The molecule has 1 aromatic carbocycles. The van der Waals surface area contributed by atoms with Crippen molar-refractivity contribution in [1.82, 2.24) is 4.90 Å². The topological polar surface area (TPSA) is 48.0 Å². The molecule has 0 radical (unpaired) electrons. The number of nitrogens with zero attached hydrogens (tertiary/aromatic N) is 1. The lowest BCUT2D eigenvalue weighted by molar-refractivity contribution is -0.162. The third-order valence-electron chi connectivity index (χ3n) is 5.37. The van der Waals surface area contributed by atoms with Crippen molar-refractivity contribution in [2.24, 2.45) is 5.92 Å². The summed E-state index contributed by atoms with van der Waals surface area (Å²) in [7, 11) is 1.42. The van der Waals surface area contributed by atoms with Crippen LogP contribution in [0.3, 0.4) is 0 Å². The van der Waals surface area contributed by atoms with Crippen molar-refractivity contribution >= 4 is 17.6 Å². The quantitative estimate of drug-likeness (QED) is 0.559. The summed E-state index contributed by atoms with van der Waals surface area (Å²) < 4.78 is 16.9. The monoisotopic (exact) mass is 381 g/mol. The molecule has 0 amide bonds. The van der Waals surface area contributed by atoms with Gasteiger partial charge in [0.2, 0.25) is 0 Å². The second-order valence-corrected chi connectivity index (χ2v) is 7.79. The standard InChI is InChI=1S/C20H28ClNO4/c1-24-19(23)17-14-22(9-7-18(17)21)10-8-20(15-25-11-12-26-20)13-16-5-3-2-4-6-16/h2-6,17-18H,7-15H2,1H3. The van der Waals surface area contributed by atoms with Crippen LogP contribution in [0.15, 0.2) is 30.3 Å². The number of benzene rings is 1. The molecule has 2 fully saturated rings. The molecule has 0 aliphatic carbocycles. The summed E-state index contributed by atoms with van der Waals surface area (Å²) in [6.45, 7) is 4.27. The molecule has 144 valence electrons. The van der Waals surface area contributed by atoms with Gasteiger partial charge in [-0.05, 0) is 24.9 Å². The molecule has 0 spiro atoms. The Hall–Kier alpha value is -1.14. The summed E-state index contributed by atoms with van der Waals surface area (Å²) in [5.74, 6) is -0.477. The maximum Gasteiger partial charge on any atom is 0.311 e. The van der Waals surface area contributed by atoms with Crippen LogP contribution >= 0.6 is 11.6 Å². The summed E-state index contributed by atoms with van der Waals surface area (Å²) in [6.07, 6.45) is 2.49. The molecule has 6 heteroatoms. The van der Waals surface area contributed by atoms with E-state index in [1.165, 1.54) is 12.7 Å². The van der Waals surface area contributed by atoms with Crippen LogP contribution in [0.25, 0.3) is 0 Å². The maximum atomic E-state index is 12.0. The van der Waals surface area contributed by atoms with Crippen LogP contribution in [0, 0.1) is 5.92 Å². The molecule has 3 atom stereocenters. The van der Waals surface area contributed by atoms with Gasteiger partial charge in [-0.15, -0.1) is 11.6 Å². The third kappa shape index (κ3) is 4.97. The number of ether oxygens (including phenoxy) is 3. The largest absolute Gasteiger partial charge is 0.469 e. The minimum atomic E-state index is -0.307. The Morgan fingerprint density at radius 3 is 2.85 bits per heavy atom. The molecule has 0 saturated carbocycles. The van der Waals surface area contributed by atoms with Gasteiger partial charge in [-0.3, -0.25) is 4.79 Å². The first-order chi connectivity index (χ1) is 12.6. The van der Waals surface area contributed by atoms with Crippen LogP contribution in [0.1, 0.15) is 18.4 Å². The van der Waals surface area contributed by atoms with Crippen molar-refractivity contribution in [2.45, 2.75) is 30.2 Å². The molecule has 0 N–H and O–H groups in total. The Labute approximate surface area is 160 Å². The zero-order valence-corrected chi connectivity index (χ0v) is 16.1. The van der Waals surface area contributed by atoms with Crippen molar-refractivity contribution in [3.05, 3.63) is 35.9 Å². The highest BCUT2D eigenvalue weighted by Crippen LogP contribution is 2.28. The van der Waals surface area contributed by atoms with Gasteiger partial charge in [-0.1, -0.05) is 30.3 Å². The molecule has 5 nitrogen and oxygen atoms in total. The highest BCUT2D eigenvalue weighted by Gasteiger charge is 2.37. The number of alkyl halides is 1. The van der Waals surface area contributed by atoms with Gasteiger partial charge < -0.3 is 19.1 Å². The fourth-order valence-corrected chi connectivity index (χ4v) is 4.13. The predicted molar refractivity (Wildman–Crippen MR) is 100 cm³/mol. The van der Waals surface area contributed by atoms with Crippen LogP contribution in [0.4, 0.5) is 0 Å². The van der Waals surface area contributed by atoms with E-state index in [0.29, 0.717) is 26.4 Å². The number of hydrogen-bond acceptors (Lipinski definition) is 5. The second-order valence-electron chi connectivity index (χ2n) is 7.23. The van der Waals surface area contributed by atoms with E-state index in [-0.39, 0.29) is 22.9 Å². The van der Waals surface area contributed by atoms with Gasteiger partial charge in [0, 0.05) is 24.9 Å². The van der Waals surface area contributed by atoms with Crippen molar-refractivity contribution < 1.29 is 19.0 Å². The van der Waals surface area contributed by atoms with E-state index in [2.05, 4.69) is 29.2 Å². The molecule has 2 aliphatic rings. The number of rotatable bonds is 6. The lowest BCUT2D eigenvalue weighted by Gasteiger charge is -2.40. The first kappa shape index (κ1) is 19.6. The number of halogens is 1. The van der Waals surface area contributed by atoms with Crippen LogP contribution in [0.2, 0.25) is 0 Å². The minimum absolute atomic E-state index is 0.147. The molecular weight excluding hydrogens is 354 g/mol. The van der Waals surface area contributed by atoms with E-state index in [4.69, 9.17) is 25.8 Å². The number of piperidine rings is 1. The number of carbonyl (C=O) groups excluding carboxylic acids is 1. The van der Waals surface area contributed by atoms with Crippen LogP contribution in [0.5, 0.6) is 0 Å². The lowest BCUT2D eigenvalue weighted by atomic mass is 9.90. The van der Waals surface area contributed by atoms with Crippen LogP contribution in [-0.4, -0.2) is 68.4 Å². The first-order valence-corrected chi connectivity index (χ1v) is 9.75. The molecule has 0 bridgehead atoms. The number of carbonyl (C=O) groups is 1. The minimum Gasteiger partial charge on any atom is -0.469 e. The summed E-state index contributed by atoms with van der Waals surface area (Å²) in [6, 6.07) is 10.4. The Morgan fingerprint density at radius 1 is 1.35 bits per heavy atom. The normalized spacial score (nSPS) is 30.1. The Bertz CT molecular complexity index is 576. The molecular formula is C20H28ClNO4. The summed E-state index contributed by atoms with van der Waals surface area (Å²) in [5.41, 5.74) is 0.947. The maximum absolute atomic E-state index is 12.0. The Morgan fingerprint density at radius 2 is 2.15 bits per heavy atom. The average Bonchev–Trinajstić information content (AvgIpc) is 2.68. The summed E-state index contributed by atoms with van der Waals surface area (Å²) in [5, 5.41) is -0.147. The lowest BCUT2D eigenvalue weighted by Crippen LogP contribution is -2.50. The van der Waals surface area contributed by atoms with Crippen molar-refractivity contribution in [2.75, 3.05) is 46.6 Å². The first-order valence-electron chi connectivity index (χ1n) is 9.32. The summed E-state index contributed by atoms with van der Waals surface area (Å²) in [4.78, 5) is 14.3. The second kappa shape index (κ2) is 9.18. The number of methoxy groups -OCH3 is 1. The smallest absolute Gasteiger partial charge is 0.311 e. The molecule has 3 unspecified atom stereocenters. The molecule has 2 heterocycles. The highest BCUT2D eigenvalue weighted by atomic mass is 35.5. The molecule has 26 heavy (non-hydrogen) atoms. The van der Waals surface area contributed by atoms with Crippen LogP contribution < -0.4 is 0 Å². The van der Waals surface area contributed by atoms with E-state index >= 15 is 0 Å². The average molecular weight is 382 g/mol. The molecule has 1 aromatic rings. The van der Waals surface area contributed by atoms with E-state index in [9.17, 15) is 4.79 Å². The number of hydrogen-bond donors (Lipinski definition) is 0. The van der Waals surface area contributed by atoms with Gasteiger partial charge in [0.1, 0.15) is 0 Å². The van der Waals surface area contributed by atoms with Gasteiger partial charge in [0.25, 0.3) is 0 Å². The zero-order valence-electron chi connectivity index (χ0n) is 15.4. The van der Waals surface area contributed by atoms with Crippen molar-refractivity contribution in [1.29, 1.82) is 0 Å². The van der Waals surface area contributed by atoms with Gasteiger partial charge in [0.15, 0.2) is 0 Å². The third-order valence-corrected chi connectivity index (χ3v) is 5.89. The molecule has 2 saturated heterocycles.